The molecule has 0 aliphatic rings. The molecule has 0 N–H and O–H groups in total. The molecule has 2 nitrogen and oxygen atoms in total. The maximum atomic E-state index is 13.9. The number of benzene rings is 2. The third-order valence-corrected chi connectivity index (χ3v) is 5.07. The molecule has 0 aliphatic carbocycles. The standard InChI is InChI=1S/C23H24F4O2/c1-14-5-7-16(8-6-14)15(2)11-20(28)18-12-17(24)9-10-19(18)22(3,4)13-21(29)23(25,26)27/h5-10,12,15H,11,13H2,1-4H3/t15-/m1/s1. The van der Waals surface area contributed by atoms with Gasteiger partial charge >= 0.3 is 6.18 Å². The highest BCUT2D eigenvalue weighted by Gasteiger charge is 2.42. The lowest BCUT2D eigenvalue weighted by Crippen LogP contribution is -2.32. The first-order valence-electron chi connectivity index (χ1n) is 9.31. The van der Waals surface area contributed by atoms with Crippen LogP contribution in [0.4, 0.5) is 17.6 Å². The Labute approximate surface area is 167 Å². The summed E-state index contributed by atoms with van der Waals surface area (Å²) in [6, 6.07) is 11.1. The molecule has 0 amide bonds. The monoisotopic (exact) mass is 408 g/mol. The van der Waals surface area contributed by atoms with E-state index in [2.05, 4.69) is 0 Å². The van der Waals surface area contributed by atoms with Crippen molar-refractivity contribution in [2.24, 2.45) is 0 Å². The SMILES string of the molecule is Cc1ccc([C@H](C)CC(=O)c2cc(F)ccc2C(C)(C)CC(=O)C(F)(F)F)cc1. The maximum Gasteiger partial charge on any atom is 0.450 e. The van der Waals surface area contributed by atoms with Crippen LogP contribution in [-0.4, -0.2) is 17.7 Å². The number of carbonyl (C=O) groups is 2. The lowest BCUT2D eigenvalue weighted by atomic mass is 9.76. The summed E-state index contributed by atoms with van der Waals surface area (Å²) in [4.78, 5) is 24.4. The molecule has 2 aromatic carbocycles. The Bertz CT molecular complexity index is 896. The van der Waals surface area contributed by atoms with Crippen LogP contribution in [0.2, 0.25) is 0 Å². The van der Waals surface area contributed by atoms with Crippen LogP contribution in [0.15, 0.2) is 42.5 Å². The number of aryl methyl sites for hydroxylation is 1. The van der Waals surface area contributed by atoms with Crippen molar-refractivity contribution in [2.45, 2.75) is 58.0 Å². The Kier molecular flexibility index (Phi) is 6.66. The minimum absolute atomic E-state index is 0.0175. The Morgan fingerprint density at radius 1 is 1.00 bits per heavy atom. The van der Waals surface area contributed by atoms with Crippen LogP contribution in [0.3, 0.4) is 0 Å². The third kappa shape index (κ3) is 5.75. The summed E-state index contributed by atoms with van der Waals surface area (Å²) in [5.74, 6) is -3.06. The molecule has 0 bridgehead atoms. The average molecular weight is 408 g/mol. The Morgan fingerprint density at radius 3 is 2.14 bits per heavy atom. The van der Waals surface area contributed by atoms with E-state index < -0.39 is 29.6 Å². The topological polar surface area (TPSA) is 34.1 Å². The molecule has 0 heterocycles. The molecule has 0 aromatic heterocycles. The van der Waals surface area contributed by atoms with E-state index in [0.29, 0.717) is 0 Å². The van der Waals surface area contributed by atoms with Gasteiger partial charge in [-0.1, -0.05) is 56.7 Å². The predicted octanol–water partition coefficient (Wildman–Crippen LogP) is 6.31. The van der Waals surface area contributed by atoms with Crippen LogP contribution < -0.4 is 0 Å². The average Bonchev–Trinajstić information content (AvgIpc) is 2.60. The molecule has 156 valence electrons. The Balaban J connectivity index is 2.32. The van der Waals surface area contributed by atoms with Crippen molar-refractivity contribution in [3.05, 3.63) is 70.5 Å². The minimum Gasteiger partial charge on any atom is -0.294 e. The second-order valence-corrected chi connectivity index (χ2v) is 8.11. The van der Waals surface area contributed by atoms with Crippen molar-refractivity contribution >= 4 is 11.6 Å². The van der Waals surface area contributed by atoms with Crippen molar-refractivity contribution in [2.75, 3.05) is 0 Å². The number of alkyl halides is 3. The van der Waals surface area contributed by atoms with E-state index >= 15 is 0 Å². The molecular weight excluding hydrogens is 384 g/mol. The third-order valence-electron chi connectivity index (χ3n) is 5.07. The lowest BCUT2D eigenvalue weighted by Gasteiger charge is -2.27. The van der Waals surface area contributed by atoms with Gasteiger partial charge in [0.25, 0.3) is 0 Å². The summed E-state index contributed by atoms with van der Waals surface area (Å²) in [6.45, 7) is 6.71. The molecule has 1 atom stereocenters. The number of carbonyl (C=O) groups excluding carboxylic acids is 2. The van der Waals surface area contributed by atoms with E-state index in [0.717, 1.165) is 23.3 Å². The molecule has 0 unspecified atom stereocenters. The fourth-order valence-electron chi connectivity index (χ4n) is 3.34. The molecule has 6 heteroatoms. The molecule has 0 aliphatic heterocycles. The second kappa shape index (κ2) is 8.47. The van der Waals surface area contributed by atoms with E-state index in [9.17, 15) is 27.2 Å². The Morgan fingerprint density at radius 2 is 1.59 bits per heavy atom. The summed E-state index contributed by atoms with van der Waals surface area (Å²) >= 11 is 0. The van der Waals surface area contributed by atoms with Crippen LogP contribution >= 0.6 is 0 Å². The van der Waals surface area contributed by atoms with E-state index in [1.165, 1.54) is 19.9 Å². The summed E-state index contributed by atoms with van der Waals surface area (Å²) in [5.41, 5.74) is 0.990. The largest absolute Gasteiger partial charge is 0.450 e. The molecule has 0 fully saturated rings. The van der Waals surface area contributed by atoms with Gasteiger partial charge in [-0.25, -0.2) is 4.39 Å². The molecular formula is C23H24F4O2. The summed E-state index contributed by atoms with van der Waals surface area (Å²) < 4.78 is 52.0. The van der Waals surface area contributed by atoms with Gasteiger partial charge in [-0.3, -0.25) is 9.59 Å². The first kappa shape index (κ1) is 22.8. The van der Waals surface area contributed by atoms with Gasteiger partial charge in [0.1, 0.15) is 5.82 Å². The quantitative estimate of drug-likeness (QED) is 0.397. The van der Waals surface area contributed by atoms with Gasteiger partial charge < -0.3 is 0 Å². The fourth-order valence-corrected chi connectivity index (χ4v) is 3.34. The summed E-state index contributed by atoms with van der Waals surface area (Å²) in [7, 11) is 0. The lowest BCUT2D eigenvalue weighted by molar-refractivity contribution is -0.172. The van der Waals surface area contributed by atoms with Crippen molar-refractivity contribution in [1.29, 1.82) is 0 Å². The normalized spacial score (nSPS) is 13.2. The number of ketones is 2. The summed E-state index contributed by atoms with van der Waals surface area (Å²) in [5, 5.41) is 0. The number of halogens is 4. The summed E-state index contributed by atoms with van der Waals surface area (Å²) in [6.07, 6.45) is -5.71. The van der Waals surface area contributed by atoms with Crippen molar-refractivity contribution in [3.63, 3.8) is 0 Å². The zero-order chi connectivity index (χ0) is 22.0. The van der Waals surface area contributed by atoms with Crippen LogP contribution in [0.25, 0.3) is 0 Å². The highest BCUT2D eigenvalue weighted by Crippen LogP contribution is 2.35. The number of Topliss-reactive ketones (excluding diaryl/α,β-unsaturated/α-hetero) is 2. The van der Waals surface area contributed by atoms with Gasteiger partial charge in [0.15, 0.2) is 5.78 Å². The van der Waals surface area contributed by atoms with Gasteiger partial charge in [0.2, 0.25) is 5.78 Å². The molecule has 0 saturated heterocycles. The molecule has 0 spiro atoms. The van der Waals surface area contributed by atoms with Crippen molar-refractivity contribution in [1.82, 2.24) is 0 Å². The van der Waals surface area contributed by atoms with Crippen LogP contribution in [-0.2, 0) is 10.2 Å². The second-order valence-electron chi connectivity index (χ2n) is 8.11. The van der Waals surface area contributed by atoms with Gasteiger partial charge in [-0.05, 0) is 41.5 Å². The van der Waals surface area contributed by atoms with Crippen molar-refractivity contribution < 1.29 is 27.2 Å². The number of hydrogen-bond acceptors (Lipinski definition) is 2. The molecule has 2 aromatic rings. The van der Waals surface area contributed by atoms with E-state index in [1.54, 1.807) is 0 Å². The van der Waals surface area contributed by atoms with Gasteiger partial charge in [0.05, 0.1) is 0 Å². The van der Waals surface area contributed by atoms with Gasteiger partial charge in [-0.2, -0.15) is 13.2 Å². The molecule has 0 saturated carbocycles. The first-order valence-corrected chi connectivity index (χ1v) is 9.31. The maximum absolute atomic E-state index is 13.9. The van der Waals surface area contributed by atoms with Crippen molar-refractivity contribution in [3.8, 4) is 0 Å². The van der Waals surface area contributed by atoms with E-state index in [1.807, 2.05) is 38.1 Å². The smallest absolute Gasteiger partial charge is 0.294 e. The highest BCUT2D eigenvalue weighted by molar-refractivity contribution is 5.98. The van der Waals surface area contributed by atoms with Crippen LogP contribution in [0.1, 0.15) is 66.6 Å². The predicted molar refractivity (Wildman–Crippen MR) is 104 cm³/mol. The number of hydrogen-bond donors (Lipinski definition) is 0. The van der Waals surface area contributed by atoms with E-state index in [4.69, 9.17) is 0 Å². The number of rotatable bonds is 7. The molecule has 29 heavy (non-hydrogen) atoms. The van der Waals surface area contributed by atoms with E-state index in [-0.39, 0.29) is 29.2 Å². The molecule has 2 rings (SSSR count). The van der Waals surface area contributed by atoms with Crippen LogP contribution in [0.5, 0.6) is 0 Å². The van der Waals surface area contributed by atoms with Gasteiger partial charge in [-0.15, -0.1) is 0 Å². The van der Waals surface area contributed by atoms with Crippen LogP contribution in [0, 0.1) is 12.7 Å². The zero-order valence-corrected chi connectivity index (χ0v) is 16.9. The molecule has 0 radical (unpaired) electrons. The zero-order valence-electron chi connectivity index (χ0n) is 16.9. The Hall–Kier alpha value is -2.50. The fraction of sp³-hybridized carbons (Fsp3) is 0.391. The highest BCUT2D eigenvalue weighted by atomic mass is 19.4. The van der Waals surface area contributed by atoms with Gasteiger partial charge in [0, 0.05) is 18.4 Å². The minimum atomic E-state index is -4.96. The first-order chi connectivity index (χ1) is 13.3.